The zero-order valence-electron chi connectivity index (χ0n) is 11.8. The molecule has 110 valence electrons. The van der Waals surface area contributed by atoms with Crippen molar-refractivity contribution in [3.8, 4) is 0 Å². The van der Waals surface area contributed by atoms with Crippen molar-refractivity contribution in [2.75, 3.05) is 18.4 Å². The summed E-state index contributed by atoms with van der Waals surface area (Å²) < 4.78 is 0. The van der Waals surface area contributed by atoms with Crippen molar-refractivity contribution in [2.24, 2.45) is 5.41 Å². The molecular weight excluding hydrogens is 278 g/mol. The monoisotopic (exact) mass is 297 g/mol. The average Bonchev–Trinajstić information content (AvgIpc) is 2.38. The molecule has 20 heavy (non-hydrogen) atoms. The molecule has 1 heterocycles. The molecule has 1 fully saturated rings. The number of hydrogen-bond acceptors (Lipinski definition) is 4. The Hall–Kier alpha value is -1.33. The molecule has 2 rings (SSSR count). The van der Waals surface area contributed by atoms with Crippen LogP contribution in [0, 0.1) is 15.5 Å². The van der Waals surface area contributed by atoms with Gasteiger partial charge in [0, 0.05) is 23.7 Å². The van der Waals surface area contributed by atoms with Crippen molar-refractivity contribution in [1.29, 1.82) is 0 Å². The Morgan fingerprint density at radius 2 is 2.30 bits per heavy atom. The van der Waals surface area contributed by atoms with E-state index in [1.54, 1.807) is 12.1 Å². The lowest BCUT2D eigenvalue weighted by Crippen LogP contribution is -2.50. The molecule has 0 aromatic heterocycles. The summed E-state index contributed by atoms with van der Waals surface area (Å²) in [5.41, 5.74) is 0.723. The predicted molar refractivity (Wildman–Crippen MR) is 81.4 cm³/mol. The van der Waals surface area contributed by atoms with Crippen LogP contribution in [0.3, 0.4) is 0 Å². The first-order valence-electron chi connectivity index (χ1n) is 6.81. The van der Waals surface area contributed by atoms with E-state index in [0.717, 1.165) is 13.0 Å². The maximum Gasteiger partial charge on any atom is 0.293 e. The lowest BCUT2D eigenvalue weighted by atomic mass is 9.77. The summed E-state index contributed by atoms with van der Waals surface area (Å²) >= 11 is 5.81. The molecule has 1 aromatic carbocycles. The van der Waals surface area contributed by atoms with Gasteiger partial charge >= 0.3 is 0 Å². The van der Waals surface area contributed by atoms with E-state index in [0.29, 0.717) is 23.3 Å². The van der Waals surface area contributed by atoms with Gasteiger partial charge in [-0.2, -0.15) is 0 Å². The van der Waals surface area contributed by atoms with Crippen molar-refractivity contribution < 1.29 is 4.92 Å². The van der Waals surface area contributed by atoms with Crippen LogP contribution in [0.5, 0.6) is 0 Å². The molecule has 1 aliphatic heterocycles. The van der Waals surface area contributed by atoms with Crippen molar-refractivity contribution in [3.63, 3.8) is 0 Å². The average molecular weight is 298 g/mol. The Balaban J connectivity index is 2.09. The number of nitrogens with one attached hydrogen (secondary N) is 2. The molecule has 5 nitrogen and oxygen atoms in total. The van der Waals surface area contributed by atoms with Gasteiger partial charge in [0.2, 0.25) is 0 Å². The molecule has 1 aromatic rings. The van der Waals surface area contributed by atoms with E-state index in [4.69, 9.17) is 11.6 Å². The zero-order chi connectivity index (χ0) is 14.8. The summed E-state index contributed by atoms with van der Waals surface area (Å²) in [7, 11) is 0. The van der Waals surface area contributed by atoms with Crippen LogP contribution in [-0.4, -0.2) is 24.1 Å². The van der Waals surface area contributed by atoms with E-state index in [1.807, 2.05) is 0 Å². The van der Waals surface area contributed by atoms with Gasteiger partial charge in [0.05, 0.1) is 4.92 Å². The number of piperidine rings is 1. The van der Waals surface area contributed by atoms with E-state index in [1.165, 1.54) is 12.5 Å². The van der Waals surface area contributed by atoms with Crippen molar-refractivity contribution >= 4 is 23.0 Å². The third-order valence-electron chi connectivity index (χ3n) is 3.99. The Labute approximate surface area is 123 Å². The quantitative estimate of drug-likeness (QED) is 0.660. The van der Waals surface area contributed by atoms with Crippen LogP contribution < -0.4 is 10.6 Å². The minimum atomic E-state index is -0.409. The second-order valence-electron chi connectivity index (χ2n) is 5.90. The van der Waals surface area contributed by atoms with Crippen LogP contribution in [0.15, 0.2) is 18.2 Å². The van der Waals surface area contributed by atoms with Gasteiger partial charge in [-0.25, -0.2) is 0 Å². The van der Waals surface area contributed by atoms with Crippen LogP contribution >= 0.6 is 11.6 Å². The second-order valence-corrected chi connectivity index (χ2v) is 6.33. The van der Waals surface area contributed by atoms with Crippen LogP contribution in [0.25, 0.3) is 0 Å². The number of rotatable bonds is 4. The fourth-order valence-corrected chi connectivity index (χ4v) is 2.80. The van der Waals surface area contributed by atoms with E-state index in [2.05, 4.69) is 24.5 Å². The topological polar surface area (TPSA) is 67.2 Å². The Kier molecular flexibility index (Phi) is 4.50. The molecule has 1 saturated heterocycles. The van der Waals surface area contributed by atoms with Gasteiger partial charge in [0.25, 0.3) is 5.69 Å². The second kappa shape index (κ2) is 5.97. The number of hydrogen-bond donors (Lipinski definition) is 2. The number of nitro groups is 1. The first kappa shape index (κ1) is 15.1. The Morgan fingerprint density at radius 1 is 1.55 bits per heavy atom. The molecule has 0 amide bonds. The van der Waals surface area contributed by atoms with E-state index in [9.17, 15) is 10.1 Å². The van der Waals surface area contributed by atoms with Gasteiger partial charge in [-0.05, 0) is 36.9 Å². The van der Waals surface area contributed by atoms with Crippen LogP contribution in [-0.2, 0) is 0 Å². The molecule has 2 N–H and O–H groups in total. The molecule has 0 bridgehead atoms. The SMILES string of the molecule is CC1(C)CCCNC1CNc1ccc(Cl)cc1[N+](=O)[O-]. The maximum atomic E-state index is 11.0. The number of nitro benzene ring substituents is 1. The van der Waals surface area contributed by atoms with Gasteiger partial charge in [-0.15, -0.1) is 0 Å². The summed E-state index contributed by atoms with van der Waals surface area (Å²) in [4.78, 5) is 10.6. The van der Waals surface area contributed by atoms with Gasteiger partial charge in [-0.1, -0.05) is 25.4 Å². The Morgan fingerprint density at radius 3 is 2.95 bits per heavy atom. The van der Waals surface area contributed by atoms with Gasteiger partial charge < -0.3 is 10.6 Å². The highest BCUT2D eigenvalue weighted by molar-refractivity contribution is 6.30. The minimum absolute atomic E-state index is 0.0196. The zero-order valence-corrected chi connectivity index (χ0v) is 12.5. The van der Waals surface area contributed by atoms with E-state index in [-0.39, 0.29) is 11.1 Å². The van der Waals surface area contributed by atoms with Crippen LogP contribution in [0.4, 0.5) is 11.4 Å². The maximum absolute atomic E-state index is 11.0. The van der Waals surface area contributed by atoms with E-state index < -0.39 is 4.92 Å². The number of benzene rings is 1. The molecular formula is C14H20ClN3O2. The third kappa shape index (κ3) is 3.41. The normalized spacial score (nSPS) is 21.4. The molecule has 0 radical (unpaired) electrons. The summed E-state index contributed by atoms with van der Waals surface area (Å²) in [5.74, 6) is 0. The fourth-order valence-electron chi connectivity index (χ4n) is 2.64. The highest BCUT2D eigenvalue weighted by Crippen LogP contribution is 2.32. The minimum Gasteiger partial charge on any atom is -0.378 e. The van der Waals surface area contributed by atoms with E-state index >= 15 is 0 Å². The standard InChI is InChI=1S/C14H20ClN3O2/c1-14(2)6-3-7-16-13(14)9-17-11-5-4-10(15)8-12(11)18(19)20/h4-5,8,13,16-17H,3,6-7,9H2,1-2H3. The largest absolute Gasteiger partial charge is 0.378 e. The van der Waals surface area contributed by atoms with Crippen molar-refractivity contribution in [3.05, 3.63) is 33.3 Å². The van der Waals surface area contributed by atoms with Gasteiger partial charge in [0.1, 0.15) is 5.69 Å². The number of anilines is 1. The first-order valence-corrected chi connectivity index (χ1v) is 7.19. The molecule has 1 aliphatic rings. The summed E-state index contributed by atoms with van der Waals surface area (Å²) in [6, 6.07) is 5.00. The first-order chi connectivity index (χ1) is 9.40. The summed E-state index contributed by atoms with van der Waals surface area (Å²) in [6.45, 7) is 6.11. The third-order valence-corrected chi connectivity index (χ3v) is 4.22. The number of nitrogens with zero attached hydrogens (tertiary/aromatic N) is 1. The van der Waals surface area contributed by atoms with Crippen LogP contribution in [0.2, 0.25) is 5.02 Å². The highest BCUT2D eigenvalue weighted by atomic mass is 35.5. The molecule has 0 spiro atoms. The van der Waals surface area contributed by atoms with Crippen molar-refractivity contribution in [1.82, 2.24) is 5.32 Å². The Bertz CT molecular complexity index is 505. The molecule has 1 atom stereocenters. The highest BCUT2D eigenvalue weighted by Gasteiger charge is 2.32. The number of halogens is 1. The molecule has 1 unspecified atom stereocenters. The smallest absolute Gasteiger partial charge is 0.293 e. The molecule has 0 aliphatic carbocycles. The van der Waals surface area contributed by atoms with Crippen molar-refractivity contribution in [2.45, 2.75) is 32.7 Å². The summed E-state index contributed by atoms with van der Waals surface area (Å²) in [5, 5.41) is 18.1. The lowest BCUT2D eigenvalue weighted by Gasteiger charge is -2.39. The fraction of sp³-hybridized carbons (Fsp3) is 0.571. The molecule has 6 heteroatoms. The summed E-state index contributed by atoms with van der Waals surface area (Å²) in [6.07, 6.45) is 2.33. The lowest BCUT2D eigenvalue weighted by molar-refractivity contribution is -0.383. The predicted octanol–water partition coefficient (Wildman–Crippen LogP) is 3.44. The van der Waals surface area contributed by atoms with Gasteiger partial charge in [-0.3, -0.25) is 10.1 Å². The molecule has 0 saturated carbocycles. The van der Waals surface area contributed by atoms with Gasteiger partial charge in [0.15, 0.2) is 0 Å². The van der Waals surface area contributed by atoms with Crippen LogP contribution in [0.1, 0.15) is 26.7 Å².